The van der Waals surface area contributed by atoms with Gasteiger partial charge in [-0.1, -0.05) is 41.4 Å². The highest BCUT2D eigenvalue weighted by molar-refractivity contribution is 6.39. The second-order valence-corrected chi connectivity index (χ2v) is 11.8. The third-order valence-electron chi connectivity index (χ3n) is 8.04. The molecule has 0 radical (unpaired) electrons. The Morgan fingerprint density at radius 1 is 1.00 bits per heavy atom. The topological polar surface area (TPSA) is 140 Å². The van der Waals surface area contributed by atoms with Crippen LogP contribution < -0.4 is 26.6 Å². The largest absolute Gasteiger partial charge is 0.481 e. The first kappa shape index (κ1) is 32.9. The lowest BCUT2D eigenvalue weighted by Crippen LogP contribution is -2.44. The molecular weight excluding hydrogens is 633 g/mol. The smallest absolute Gasteiger partial charge is 0.330 e. The lowest BCUT2D eigenvalue weighted by Gasteiger charge is -2.31. The van der Waals surface area contributed by atoms with Crippen LogP contribution in [0.15, 0.2) is 58.5 Å². The van der Waals surface area contributed by atoms with Gasteiger partial charge in [0.2, 0.25) is 11.8 Å². The number of anilines is 1. The van der Waals surface area contributed by atoms with Crippen LogP contribution in [0.25, 0.3) is 22.4 Å². The minimum Gasteiger partial charge on any atom is -0.481 e. The summed E-state index contributed by atoms with van der Waals surface area (Å²) in [6.07, 6.45) is 6.10. The molecule has 0 aliphatic carbocycles. The molecular formula is C32H33Cl2N7O5. The number of methoxy groups -OCH3 is 1. The highest BCUT2D eigenvalue weighted by Gasteiger charge is 2.22. The van der Waals surface area contributed by atoms with E-state index in [2.05, 4.69) is 15.6 Å². The van der Waals surface area contributed by atoms with Crippen molar-refractivity contribution in [2.75, 3.05) is 25.5 Å². The maximum Gasteiger partial charge on any atom is 0.330 e. The third-order valence-corrected chi connectivity index (χ3v) is 8.85. The first-order chi connectivity index (χ1) is 22.0. The fraction of sp³-hybridized carbons (Fsp3) is 0.312. The summed E-state index contributed by atoms with van der Waals surface area (Å²) >= 11 is 13.7. The Kier molecular flexibility index (Phi) is 9.90. The summed E-state index contributed by atoms with van der Waals surface area (Å²) < 4.78 is 7.63. The highest BCUT2D eigenvalue weighted by Crippen LogP contribution is 2.41. The van der Waals surface area contributed by atoms with Crippen LogP contribution in [0, 0.1) is 0 Å². The van der Waals surface area contributed by atoms with Gasteiger partial charge in [-0.05, 0) is 25.0 Å². The summed E-state index contributed by atoms with van der Waals surface area (Å²) in [5.74, 6) is -0.175. The van der Waals surface area contributed by atoms with Crippen molar-refractivity contribution in [3.63, 3.8) is 0 Å². The molecule has 1 aliphatic heterocycles. The van der Waals surface area contributed by atoms with Gasteiger partial charge < -0.3 is 24.8 Å². The molecule has 5 rings (SSSR count). The molecule has 2 amide bonds. The van der Waals surface area contributed by atoms with E-state index < -0.39 is 17.2 Å². The number of pyridine rings is 2. The lowest BCUT2D eigenvalue weighted by atomic mass is 10.0. The summed E-state index contributed by atoms with van der Waals surface area (Å²) in [7, 11) is 4.31. The van der Waals surface area contributed by atoms with Crippen LogP contribution in [0.1, 0.15) is 35.7 Å². The zero-order valence-electron chi connectivity index (χ0n) is 25.8. The molecule has 240 valence electrons. The molecule has 4 heterocycles. The number of nitrogens with one attached hydrogen (secondary N) is 2. The number of aryl methyl sites for hydroxylation is 1. The van der Waals surface area contributed by atoms with Crippen LogP contribution in [0.4, 0.5) is 5.69 Å². The van der Waals surface area contributed by atoms with Crippen molar-refractivity contribution in [2.24, 2.45) is 14.1 Å². The van der Waals surface area contributed by atoms with Crippen LogP contribution in [-0.2, 0) is 25.4 Å². The van der Waals surface area contributed by atoms with E-state index in [1.165, 1.54) is 20.3 Å². The number of rotatable bonds is 8. The van der Waals surface area contributed by atoms with Crippen molar-refractivity contribution < 1.29 is 14.3 Å². The molecule has 1 fully saturated rings. The maximum absolute atomic E-state index is 13.0. The molecule has 14 heteroatoms. The molecule has 0 atom stereocenters. The first-order valence-corrected chi connectivity index (χ1v) is 15.3. The average molecular weight is 667 g/mol. The zero-order chi connectivity index (χ0) is 33.1. The van der Waals surface area contributed by atoms with Crippen LogP contribution in [0.3, 0.4) is 0 Å². The highest BCUT2D eigenvalue weighted by atomic mass is 35.5. The third kappa shape index (κ3) is 6.69. The van der Waals surface area contributed by atoms with Crippen LogP contribution in [-0.4, -0.2) is 62.1 Å². The molecule has 1 saturated heterocycles. The number of benzene rings is 1. The monoisotopic (exact) mass is 665 g/mol. The van der Waals surface area contributed by atoms with Gasteiger partial charge in [0.25, 0.3) is 11.5 Å². The van der Waals surface area contributed by atoms with Crippen molar-refractivity contribution in [2.45, 2.75) is 32.4 Å². The number of nitrogens with zero attached hydrogens (tertiary/aromatic N) is 5. The SMILES string of the molecule is COc1nc(-c2cncc(-c3cccc(NC(=O)c4cn(C)c(=O)n(C)c4=O)c3Cl)c2Cl)ccc1CNC1CCN(C(C)=O)CC1. The number of hydrogen-bond donors (Lipinski definition) is 2. The van der Waals surface area contributed by atoms with Gasteiger partial charge in [-0.2, -0.15) is 0 Å². The molecule has 0 spiro atoms. The second-order valence-electron chi connectivity index (χ2n) is 11.0. The molecule has 12 nitrogen and oxygen atoms in total. The number of carbonyl (C=O) groups is 2. The molecule has 0 saturated carbocycles. The van der Waals surface area contributed by atoms with Gasteiger partial charge in [0.1, 0.15) is 5.56 Å². The Morgan fingerprint density at radius 3 is 2.41 bits per heavy atom. The number of ether oxygens (including phenoxy) is 1. The number of amides is 2. The van der Waals surface area contributed by atoms with Gasteiger partial charge in [-0.25, -0.2) is 9.78 Å². The van der Waals surface area contributed by atoms with Gasteiger partial charge in [0, 0.05) is 87.5 Å². The van der Waals surface area contributed by atoms with E-state index in [1.807, 2.05) is 17.0 Å². The van der Waals surface area contributed by atoms with Crippen molar-refractivity contribution in [3.05, 3.63) is 90.9 Å². The number of halogens is 2. The molecule has 46 heavy (non-hydrogen) atoms. The number of likely N-dealkylation sites (tertiary alicyclic amines) is 1. The molecule has 2 N–H and O–H groups in total. The summed E-state index contributed by atoms with van der Waals surface area (Å²) in [5.41, 5.74) is 1.71. The van der Waals surface area contributed by atoms with Crippen LogP contribution in [0.2, 0.25) is 10.0 Å². The van der Waals surface area contributed by atoms with Gasteiger partial charge in [-0.3, -0.25) is 23.9 Å². The minimum atomic E-state index is -0.729. The number of aromatic nitrogens is 4. The average Bonchev–Trinajstić information content (AvgIpc) is 3.05. The van der Waals surface area contributed by atoms with Crippen molar-refractivity contribution in [1.82, 2.24) is 29.3 Å². The van der Waals surface area contributed by atoms with Gasteiger partial charge in [0.05, 0.1) is 28.5 Å². The van der Waals surface area contributed by atoms with Crippen molar-refractivity contribution in [3.8, 4) is 28.3 Å². The standard InChI is InChI=1S/C32H33Cl2N7O5/c1-18(42)41-12-10-20(11-13-41)36-14-19-8-9-25(38-30(19)46-4)23-16-35-15-22(27(23)33)21-6-5-7-26(28(21)34)37-29(43)24-17-39(2)32(45)40(3)31(24)44/h5-9,15-17,20,36H,10-14H2,1-4H3,(H,37,43). The number of piperidine rings is 1. The van der Waals surface area contributed by atoms with Crippen molar-refractivity contribution >= 4 is 40.7 Å². The predicted molar refractivity (Wildman–Crippen MR) is 176 cm³/mol. The summed E-state index contributed by atoms with van der Waals surface area (Å²) in [5, 5.41) is 6.73. The Balaban J connectivity index is 1.38. The fourth-order valence-electron chi connectivity index (χ4n) is 5.38. The predicted octanol–water partition coefficient (Wildman–Crippen LogP) is 3.88. The van der Waals surface area contributed by atoms with E-state index in [1.54, 1.807) is 44.6 Å². The van der Waals surface area contributed by atoms with Gasteiger partial charge >= 0.3 is 5.69 Å². The normalized spacial score (nSPS) is 13.5. The molecule has 4 aromatic rings. The maximum atomic E-state index is 13.0. The Morgan fingerprint density at radius 2 is 1.72 bits per heavy atom. The van der Waals surface area contributed by atoms with Crippen LogP contribution >= 0.6 is 23.2 Å². The Bertz CT molecular complexity index is 1930. The van der Waals surface area contributed by atoms with E-state index >= 15 is 0 Å². The molecule has 0 bridgehead atoms. The van der Waals surface area contributed by atoms with Gasteiger partial charge in [0.15, 0.2) is 0 Å². The number of carbonyl (C=O) groups excluding carboxylic acids is 2. The Hall–Kier alpha value is -4.52. The number of hydrogen-bond acceptors (Lipinski definition) is 8. The molecule has 0 unspecified atom stereocenters. The van der Waals surface area contributed by atoms with E-state index in [4.69, 9.17) is 32.9 Å². The zero-order valence-corrected chi connectivity index (χ0v) is 27.3. The molecule has 1 aromatic carbocycles. The minimum absolute atomic E-state index is 0.102. The summed E-state index contributed by atoms with van der Waals surface area (Å²) in [6, 6.07) is 9.07. The van der Waals surface area contributed by atoms with Crippen molar-refractivity contribution in [1.29, 1.82) is 0 Å². The Labute approximate surface area is 275 Å². The summed E-state index contributed by atoms with van der Waals surface area (Å²) in [6.45, 7) is 3.61. The van der Waals surface area contributed by atoms with E-state index in [0.29, 0.717) is 39.8 Å². The van der Waals surface area contributed by atoms with E-state index in [0.717, 1.165) is 40.6 Å². The fourth-order valence-corrected chi connectivity index (χ4v) is 5.96. The summed E-state index contributed by atoms with van der Waals surface area (Å²) in [4.78, 5) is 60.2. The van der Waals surface area contributed by atoms with Gasteiger partial charge in [-0.15, -0.1) is 0 Å². The first-order valence-electron chi connectivity index (χ1n) is 14.5. The molecule has 3 aromatic heterocycles. The van der Waals surface area contributed by atoms with E-state index in [-0.39, 0.29) is 28.2 Å². The quantitative estimate of drug-likeness (QED) is 0.289. The molecule has 1 aliphatic rings. The second kappa shape index (κ2) is 13.9. The lowest BCUT2D eigenvalue weighted by molar-refractivity contribution is -0.129. The van der Waals surface area contributed by atoms with Crippen LogP contribution in [0.5, 0.6) is 5.88 Å². The van der Waals surface area contributed by atoms with E-state index in [9.17, 15) is 19.2 Å².